The first kappa shape index (κ1) is 29.7. The molecule has 0 radical (unpaired) electrons. The minimum atomic E-state index is -3.87. The fourth-order valence-electron chi connectivity index (χ4n) is 6.19. The number of benzene rings is 2. The van der Waals surface area contributed by atoms with Gasteiger partial charge in [-0.1, -0.05) is 29.3 Å². The number of nitrogens with zero attached hydrogens (tertiary/aromatic N) is 1. The molecule has 6 rings (SSSR count). The normalized spacial score (nSPS) is 17.6. The lowest BCUT2D eigenvalue weighted by molar-refractivity contribution is -0.130. The molecule has 0 bridgehead atoms. The van der Waals surface area contributed by atoms with Crippen molar-refractivity contribution >= 4 is 68.0 Å². The molecule has 1 aromatic heterocycles. The molecule has 11 heteroatoms. The Hall–Kier alpha value is -3.40. The van der Waals surface area contributed by atoms with Gasteiger partial charge in [-0.2, -0.15) is 0 Å². The summed E-state index contributed by atoms with van der Waals surface area (Å²) in [6.07, 6.45) is 7.12. The van der Waals surface area contributed by atoms with Gasteiger partial charge >= 0.3 is 0 Å². The number of ketones is 1. The van der Waals surface area contributed by atoms with E-state index in [4.69, 9.17) is 23.2 Å². The van der Waals surface area contributed by atoms with E-state index in [2.05, 4.69) is 10.3 Å². The molecule has 1 fully saturated rings. The molecular weight excluding hydrogens is 609 g/mol. The van der Waals surface area contributed by atoms with Crippen molar-refractivity contribution in [2.24, 2.45) is 0 Å². The van der Waals surface area contributed by atoms with Gasteiger partial charge in [0.2, 0.25) is 5.91 Å². The first-order valence-corrected chi connectivity index (χ1v) is 16.9. The topological polar surface area (TPSA) is 116 Å². The van der Waals surface area contributed by atoms with E-state index >= 15 is 0 Å². The first-order valence-electron chi connectivity index (χ1n) is 14.5. The summed E-state index contributed by atoms with van der Waals surface area (Å²) < 4.78 is 26.9. The molecule has 0 spiro atoms. The molecule has 2 aromatic carbocycles. The van der Waals surface area contributed by atoms with Crippen LogP contribution in [0.3, 0.4) is 0 Å². The van der Waals surface area contributed by atoms with Gasteiger partial charge in [-0.25, -0.2) is 8.42 Å². The average molecular weight is 641 g/mol. The molecule has 2 amide bonds. The number of H-pyrrole nitrogens is 1. The summed E-state index contributed by atoms with van der Waals surface area (Å²) in [5.74, 6) is -0.677. The second kappa shape index (κ2) is 11.9. The maximum absolute atomic E-state index is 13.4. The number of carbonyl (C=O) groups is 3. The zero-order valence-corrected chi connectivity index (χ0v) is 25.8. The Kier molecular flexibility index (Phi) is 8.24. The lowest BCUT2D eigenvalue weighted by Gasteiger charge is -2.15. The first-order chi connectivity index (χ1) is 20.6. The molecule has 1 saturated heterocycles. The summed E-state index contributed by atoms with van der Waals surface area (Å²) >= 11 is 12.5. The van der Waals surface area contributed by atoms with Crippen molar-refractivity contribution < 1.29 is 22.8 Å². The van der Waals surface area contributed by atoms with E-state index in [0.717, 1.165) is 50.0 Å². The highest BCUT2D eigenvalue weighted by Gasteiger charge is 2.30. The van der Waals surface area contributed by atoms with E-state index in [9.17, 15) is 22.8 Å². The predicted molar refractivity (Wildman–Crippen MR) is 167 cm³/mol. The molecule has 8 nitrogen and oxygen atoms in total. The molecule has 1 aliphatic carbocycles. The maximum atomic E-state index is 13.4. The molecule has 3 aliphatic rings. The fourth-order valence-corrected chi connectivity index (χ4v) is 8.31. The van der Waals surface area contributed by atoms with Gasteiger partial charge in [-0.15, -0.1) is 0 Å². The monoisotopic (exact) mass is 639 g/mol. The average Bonchev–Trinajstić information content (AvgIpc) is 3.67. The molecule has 0 saturated carbocycles. The Morgan fingerprint density at radius 1 is 0.953 bits per heavy atom. The Balaban J connectivity index is 1.37. The van der Waals surface area contributed by atoms with Crippen LogP contribution in [0.4, 0.5) is 5.69 Å². The van der Waals surface area contributed by atoms with Gasteiger partial charge in [0.05, 0.1) is 16.2 Å². The van der Waals surface area contributed by atoms with Crippen LogP contribution in [0.25, 0.3) is 11.6 Å². The number of likely N-dealkylation sites (tertiary alicyclic amines) is 1. The number of nitrogens with one attached hydrogen (secondary N) is 2. The van der Waals surface area contributed by atoms with Crippen LogP contribution < -0.4 is 5.32 Å². The number of hydrogen-bond acceptors (Lipinski definition) is 5. The minimum absolute atomic E-state index is 0.0264. The molecule has 3 aromatic rings. The molecule has 0 unspecified atom stereocenters. The van der Waals surface area contributed by atoms with Gasteiger partial charge in [0.25, 0.3) is 5.91 Å². The van der Waals surface area contributed by atoms with E-state index in [1.54, 1.807) is 30.3 Å². The van der Waals surface area contributed by atoms with Crippen molar-refractivity contribution in [1.82, 2.24) is 9.88 Å². The van der Waals surface area contributed by atoms with Crippen LogP contribution in [0.5, 0.6) is 0 Å². The van der Waals surface area contributed by atoms with Gasteiger partial charge in [0.1, 0.15) is 0 Å². The van der Waals surface area contributed by atoms with Crippen LogP contribution in [0.15, 0.2) is 41.3 Å². The predicted octanol–water partition coefficient (Wildman–Crippen LogP) is 6.25. The Bertz CT molecular complexity index is 1770. The number of amides is 2. The van der Waals surface area contributed by atoms with Crippen LogP contribution in [-0.4, -0.2) is 49.0 Å². The molecule has 2 N–H and O–H groups in total. The summed E-state index contributed by atoms with van der Waals surface area (Å²) in [5, 5.41) is 3.33. The van der Waals surface area contributed by atoms with Gasteiger partial charge in [-0.05, 0) is 80.5 Å². The van der Waals surface area contributed by atoms with Crippen molar-refractivity contribution in [2.45, 2.75) is 62.0 Å². The van der Waals surface area contributed by atoms with Crippen molar-refractivity contribution in [3.8, 4) is 0 Å². The van der Waals surface area contributed by atoms with Crippen LogP contribution in [0.1, 0.15) is 77.0 Å². The number of halogens is 2. The van der Waals surface area contributed by atoms with E-state index in [1.807, 2.05) is 4.90 Å². The van der Waals surface area contributed by atoms with E-state index < -0.39 is 15.6 Å². The zero-order valence-electron chi connectivity index (χ0n) is 23.5. The summed E-state index contributed by atoms with van der Waals surface area (Å²) in [7, 11) is -3.87. The van der Waals surface area contributed by atoms with Crippen LogP contribution in [-0.2, 0) is 38.0 Å². The highest BCUT2D eigenvalue weighted by Crippen LogP contribution is 2.38. The lowest BCUT2D eigenvalue weighted by atomic mass is 9.97. The number of anilines is 1. The standard InChI is InChI=1S/C32H31Cl2N3O5S/c33-24-6-5-7-25(34)23(24)18-43(41,42)19-10-12-26-21(16-19)22(32(40)36-26)17-28-20(11-13-30(39)37-14-3-4-15-37)31-27(35-28)8-1-2-9-29(31)38/h5-7,10,12,16-17,35H,1-4,8-9,11,13-15,18H2,(H,36,40)/b22-17-. The van der Waals surface area contributed by atoms with Gasteiger partial charge < -0.3 is 15.2 Å². The molecule has 3 heterocycles. The van der Waals surface area contributed by atoms with E-state index in [-0.39, 0.29) is 44.5 Å². The van der Waals surface area contributed by atoms with Gasteiger partial charge in [0.15, 0.2) is 15.6 Å². The summed E-state index contributed by atoms with van der Waals surface area (Å²) in [5.41, 5.74) is 4.30. The smallest absolute Gasteiger partial charge is 0.256 e. The number of fused-ring (bicyclic) bond motifs is 2. The molecule has 0 atom stereocenters. The number of aryl methyl sites for hydroxylation is 1. The van der Waals surface area contributed by atoms with Crippen molar-refractivity contribution in [3.05, 3.63) is 80.1 Å². The van der Waals surface area contributed by atoms with Crippen molar-refractivity contribution in [3.63, 3.8) is 0 Å². The van der Waals surface area contributed by atoms with Crippen LogP contribution >= 0.6 is 23.2 Å². The molecule has 2 aliphatic heterocycles. The number of sulfone groups is 1. The van der Waals surface area contributed by atoms with Gasteiger partial charge in [0, 0.05) is 69.7 Å². The van der Waals surface area contributed by atoms with Gasteiger partial charge in [-0.3, -0.25) is 14.4 Å². The number of rotatable bonds is 7. The highest BCUT2D eigenvalue weighted by atomic mass is 35.5. The SMILES string of the molecule is O=C1Nc2ccc(S(=O)(=O)Cc3c(Cl)cccc3Cl)cc2/C1=C/c1[nH]c2c(c1CCC(=O)N1CCCC1)C(=O)CCCC2. The van der Waals surface area contributed by atoms with Crippen molar-refractivity contribution in [2.75, 3.05) is 18.4 Å². The number of aromatic amines is 1. The fraction of sp³-hybridized carbons (Fsp3) is 0.344. The molecule has 224 valence electrons. The summed E-state index contributed by atoms with van der Waals surface area (Å²) in [4.78, 5) is 44.6. The number of carbonyl (C=O) groups excluding carboxylic acids is 3. The van der Waals surface area contributed by atoms with E-state index in [1.165, 1.54) is 12.1 Å². The van der Waals surface area contributed by atoms with Crippen LogP contribution in [0.2, 0.25) is 10.0 Å². The second-order valence-electron chi connectivity index (χ2n) is 11.3. The third-order valence-electron chi connectivity index (χ3n) is 8.44. The maximum Gasteiger partial charge on any atom is 0.256 e. The third kappa shape index (κ3) is 5.90. The summed E-state index contributed by atoms with van der Waals surface area (Å²) in [6.45, 7) is 1.51. The second-order valence-corrected chi connectivity index (χ2v) is 14.1. The number of aromatic nitrogens is 1. The summed E-state index contributed by atoms with van der Waals surface area (Å²) in [6, 6.07) is 9.32. The number of hydrogen-bond donors (Lipinski definition) is 2. The molecule has 43 heavy (non-hydrogen) atoms. The highest BCUT2D eigenvalue weighted by molar-refractivity contribution is 7.90. The van der Waals surface area contributed by atoms with Crippen LogP contribution in [0, 0.1) is 0 Å². The van der Waals surface area contributed by atoms with E-state index in [0.29, 0.717) is 47.3 Å². The largest absolute Gasteiger partial charge is 0.358 e. The Morgan fingerprint density at radius 3 is 2.42 bits per heavy atom. The molecular formula is C32H31Cl2N3O5S. The lowest BCUT2D eigenvalue weighted by Crippen LogP contribution is -2.27. The third-order valence-corrected chi connectivity index (χ3v) is 10.8. The number of Topliss-reactive ketones (excluding diaryl/α,β-unsaturated/α-hetero) is 1. The zero-order chi connectivity index (χ0) is 30.3. The Morgan fingerprint density at radius 2 is 1.67 bits per heavy atom. The Labute approximate surface area is 260 Å². The van der Waals surface area contributed by atoms with Crippen molar-refractivity contribution in [1.29, 1.82) is 0 Å². The minimum Gasteiger partial charge on any atom is -0.358 e. The quantitative estimate of drug-likeness (QED) is 0.234.